The fourth-order valence-corrected chi connectivity index (χ4v) is 8.67. The van der Waals surface area contributed by atoms with Crippen molar-refractivity contribution in [1.82, 2.24) is 5.32 Å². The van der Waals surface area contributed by atoms with Crippen LogP contribution < -0.4 is 5.32 Å². The number of hydrogen-bond donors (Lipinski definition) is 9. The highest BCUT2D eigenvalue weighted by Gasteiger charge is 2.51. The van der Waals surface area contributed by atoms with Gasteiger partial charge in [-0.15, -0.1) is 0 Å². The number of ether oxygens (including phenoxy) is 4. The number of aliphatic hydroxyl groups excluding tert-OH is 8. The third-order valence-electron chi connectivity index (χ3n) is 13.2. The van der Waals surface area contributed by atoms with E-state index in [1.54, 1.807) is 6.08 Å². The second-order valence-corrected chi connectivity index (χ2v) is 19.3. The molecule has 0 radical (unpaired) electrons. The quantitative estimate of drug-likeness (QED) is 0.0208. The van der Waals surface area contributed by atoms with E-state index in [1.807, 2.05) is 6.08 Å². The average Bonchev–Trinajstić information content (AvgIpc) is 3.36. The molecule has 12 unspecified atom stereocenters. The van der Waals surface area contributed by atoms with Crippen LogP contribution in [0.4, 0.5) is 0 Å². The summed E-state index contributed by atoms with van der Waals surface area (Å²) < 4.78 is 22.7. The van der Waals surface area contributed by atoms with E-state index >= 15 is 0 Å². The predicted octanol–water partition coefficient (Wildman–Crippen LogP) is 8.22. The summed E-state index contributed by atoms with van der Waals surface area (Å²) in [5.74, 6) is -0.264. The van der Waals surface area contributed by atoms with Crippen LogP contribution in [0.15, 0.2) is 60.8 Å². The first-order valence-corrected chi connectivity index (χ1v) is 27.5. The fourth-order valence-electron chi connectivity index (χ4n) is 8.67. The van der Waals surface area contributed by atoms with Crippen molar-refractivity contribution in [2.75, 3.05) is 19.8 Å². The van der Waals surface area contributed by atoms with Gasteiger partial charge < -0.3 is 65.1 Å². The van der Waals surface area contributed by atoms with Crippen LogP contribution in [0.2, 0.25) is 0 Å². The number of rotatable bonds is 42. The van der Waals surface area contributed by atoms with Gasteiger partial charge in [-0.2, -0.15) is 0 Å². The molecular formula is C56H99NO13. The Bertz CT molecular complexity index is 1410. The van der Waals surface area contributed by atoms with Crippen LogP contribution in [-0.4, -0.2) is 140 Å². The second-order valence-electron chi connectivity index (χ2n) is 19.3. The highest BCUT2D eigenvalue weighted by Crippen LogP contribution is 2.30. The zero-order valence-corrected chi connectivity index (χ0v) is 43.2. The molecule has 14 heteroatoms. The number of hydrogen-bond acceptors (Lipinski definition) is 13. The Morgan fingerprint density at radius 3 is 1.53 bits per heavy atom. The van der Waals surface area contributed by atoms with Crippen molar-refractivity contribution >= 4 is 5.91 Å². The van der Waals surface area contributed by atoms with E-state index in [4.69, 9.17) is 18.9 Å². The molecule has 2 aliphatic heterocycles. The van der Waals surface area contributed by atoms with Gasteiger partial charge in [-0.25, -0.2) is 0 Å². The van der Waals surface area contributed by atoms with Gasteiger partial charge in [0.2, 0.25) is 5.91 Å². The van der Waals surface area contributed by atoms with Gasteiger partial charge in [-0.3, -0.25) is 4.79 Å². The van der Waals surface area contributed by atoms with Crippen molar-refractivity contribution in [3.8, 4) is 0 Å². The van der Waals surface area contributed by atoms with Crippen molar-refractivity contribution < 1.29 is 64.6 Å². The first kappa shape index (κ1) is 63.8. The maximum atomic E-state index is 13.2. The van der Waals surface area contributed by atoms with E-state index in [9.17, 15) is 45.6 Å². The van der Waals surface area contributed by atoms with E-state index in [2.05, 4.69) is 67.8 Å². The van der Waals surface area contributed by atoms with Crippen LogP contribution in [-0.2, 0) is 23.7 Å². The molecule has 2 aliphatic rings. The summed E-state index contributed by atoms with van der Waals surface area (Å²) in [5, 5.41) is 86.9. The Morgan fingerprint density at radius 1 is 0.514 bits per heavy atom. The molecule has 9 N–H and O–H groups in total. The van der Waals surface area contributed by atoms with Crippen LogP contribution in [0.1, 0.15) is 194 Å². The average molecular weight is 994 g/mol. The molecule has 2 heterocycles. The molecule has 0 spiro atoms. The predicted molar refractivity (Wildman–Crippen MR) is 277 cm³/mol. The molecule has 0 aromatic carbocycles. The minimum Gasteiger partial charge on any atom is -0.394 e. The normalized spacial score (nSPS) is 26.4. The third kappa shape index (κ3) is 28.2. The van der Waals surface area contributed by atoms with Gasteiger partial charge in [-0.1, -0.05) is 177 Å². The van der Waals surface area contributed by atoms with Crippen LogP contribution >= 0.6 is 0 Å². The van der Waals surface area contributed by atoms with E-state index in [-0.39, 0.29) is 18.9 Å². The molecule has 0 bridgehead atoms. The minimum atomic E-state index is -1.79. The Kier molecular flexibility index (Phi) is 38.4. The van der Waals surface area contributed by atoms with Crippen molar-refractivity contribution in [3.05, 3.63) is 60.8 Å². The zero-order valence-electron chi connectivity index (χ0n) is 43.2. The standard InChI is InChI=1S/C56H99NO13/c1-3-5-7-9-11-13-15-17-19-21-22-24-26-28-30-32-34-36-38-40-48(61)57-44(45(60)39-37-35-33-31-29-27-25-23-20-18-16-14-12-10-8-6-4-2)43-67-55-53(66)51(64)54(47(42-59)69-55)70-56-52(65)50(63)49(62)46(41-58)68-56/h11,13,17,19,22,24,29,31,37,39,44-47,49-56,58-60,62-66H,3-10,12,14-16,18,20-21,23,25-28,30,32-36,38,40-43H2,1-2H3,(H,57,61)/b13-11-,19-17-,24-22-,31-29+,39-37+. The maximum absolute atomic E-state index is 13.2. The van der Waals surface area contributed by atoms with E-state index in [0.717, 1.165) is 64.2 Å². The van der Waals surface area contributed by atoms with Crippen LogP contribution in [0.5, 0.6) is 0 Å². The lowest BCUT2D eigenvalue weighted by molar-refractivity contribution is -0.359. The highest BCUT2D eigenvalue weighted by molar-refractivity contribution is 5.76. The summed E-state index contributed by atoms with van der Waals surface area (Å²) in [6.07, 6.45) is 35.4. The Labute approximate surface area is 422 Å². The topological polar surface area (TPSA) is 228 Å². The van der Waals surface area contributed by atoms with Crippen molar-refractivity contribution in [2.45, 2.75) is 267 Å². The fraction of sp³-hybridized carbons (Fsp3) is 0.804. The SMILES string of the molecule is CCCCC/C=C\C/C=C\C/C=C\CCCCCCCCC(=O)NC(COC1OC(CO)C(OC2OC(CO)C(O)C(O)C2O)C(O)C1O)C(O)/C=C/CC/C=C/CCCCCCCCCCCCC. The lowest BCUT2D eigenvalue weighted by atomic mass is 9.97. The van der Waals surface area contributed by atoms with Gasteiger partial charge in [0.25, 0.3) is 0 Å². The van der Waals surface area contributed by atoms with E-state index < -0.39 is 86.8 Å². The largest absolute Gasteiger partial charge is 0.394 e. The number of unbranched alkanes of at least 4 members (excludes halogenated alkanes) is 21. The number of carbonyl (C=O) groups excluding carboxylic acids is 1. The van der Waals surface area contributed by atoms with Gasteiger partial charge in [0.15, 0.2) is 12.6 Å². The number of nitrogens with one attached hydrogen (secondary N) is 1. The lowest BCUT2D eigenvalue weighted by Crippen LogP contribution is -2.65. The van der Waals surface area contributed by atoms with Crippen LogP contribution in [0, 0.1) is 0 Å². The summed E-state index contributed by atoms with van der Waals surface area (Å²) in [4.78, 5) is 13.2. The Hall–Kier alpha value is -2.31. The molecule has 2 rings (SSSR count). The van der Waals surface area contributed by atoms with Crippen molar-refractivity contribution in [3.63, 3.8) is 0 Å². The summed E-state index contributed by atoms with van der Waals surface area (Å²) in [6, 6.07) is -0.940. The summed E-state index contributed by atoms with van der Waals surface area (Å²) >= 11 is 0. The van der Waals surface area contributed by atoms with E-state index in [1.165, 1.54) is 96.3 Å². The molecular weight excluding hydrogens is 895 g/mol. The Morgan fingerprint density at radius 2 is 0.957 bits per heavy atom. The molecule has 12 atom stereocenters. The zero-order chi connectivity index (χ0) is 51.0. The van der Waals surface area contributed by atoms with Crippen LogP contribution in [0.3, 0.4) is 0 Å². The first-order chi connectivity index (χ1) is 34.1. The van der Waals surface area contributed by atoms with Gasteiger partial charge in [0.05, 0.1) is 32.0 Å². The molecule has 0 aromatic rings. The van der Waals surface area contributed by atoms with Gasteiger partial charge >= 0.3 is 0 Å². The van der Waals surface area contributed by atoms with Crippen molar-refractivity contribution in [1.29, 1.82) is 0 Å². The molecule has 2 saturated heterocycles. The molecule has 0 saturated carbocycles. The Balaban J connectivity index is 1.84. The van der Waals surface area contributed by atoms with Gasteiger partial charge in [0.1, 0.15) is 48.8 Å². The maximum Gasteiger partial charge on any atom is 0.220 e. The third-order valence-corrected chi connectivity index (χ3v) is 13.2. The molecule has 70 heavy (non-hydrogen) atoms. The van der Waals surface area contributed by atoms with Crippen LogP contribution in [0.25, 0.3) is 0 Å². The molecule has 406 valence electrons. The number of allylic oxidation sites excluding steroid dienone is 9. The molecule has 0 aromatic heterocycles. The molecule has 2 fully saturated rings. The lowest BCUT2D eigenvalue weighted by Gasteiger charge is -2.46. The second kappa shape index (κ2) is 42.1. The van der Waals surface area contributed by atoms with Gasteiger partial charge in [0, 0.05) is 6.42 Å². The molecule has 0 aliphatic carbocycles. The summed E-state index contributed by atoms with van der Waals surface area (Å²) in [6.45, 7) is 2.73. The van der Waals surface area contributed by atoms with Gasteiger partial charge in [-0.05, 0) is 70.6 Å². The first-order valence-electron chi connectivity index (χ1n) is 27.5. The van der Waals surface area contributed by atoms with Crippen molar-refractivity contribution in [2.24, 2.45) is 0 Å². The monoisotopic (exact) mass is 994 g/mol. The number of carbonyl (C=O) groups is 1. The summed E-state index contributed by atoms with van der Waals surface area (Å²) in [7, 11) is 0. The number of amides is 1. The molecule has 14 nitrogen and oxygen atoms in total. The van der Waals surface area contributed by atoms with E-state index in [0.29, 0.717) is 12.8 Å². The minimum absolute atomic E-state index is 0.257. The highest BCUT2D eigenvalue weighted by atomic mass is 16.7. The molecule has 1 amide bonds. The summed E-state index contributed by atoms with van der Waals surface area (Å²) in [5.41, 5.74) is 0. The smallest absolute Gasteiger partial charge is 0.220 e. The number of aliphatic hydroxyl groups is 8.